The molecule has 28 heavy (non-hydrogen) atoms. The summed E-state index contributed by atoms with van der Waals surface area (Å²) in [5.74, 6) is 0. The zero-order valence-corrected chi connectivity index (χ0v) is 23.6. The molecule has 0 amide bonds. The quantitative estimate of drug-likeness (QED) is 0.123. The van der Waals surface area contributed by atoms with Crippen LogP contribution in [0.1, 0.15) is 0 Å². The van der Waals surface area contributed by atoms with E-state index in [2.05, 4.69) is 0 Å². The third-order valence-corrected chi connectivity index (χ3v) is 0. The van der Waals surface area contributed by atoms with Crippen LogP contribution in [0.3, 0.4) is 0 Å². The number of hydrogen-bond donors (Lipinski definition) is 0. The van der Waals surface area contributed by atoms with Crippen molar-refractivity contribution in [1.29, 1.82) is 0 Å². The van der Waals surface area contributed by atoms with E-state index in [1.165, 1.54) is 0 Å². The second-order valence-corrected chi connectivity index (χ2v) is 2.57. The Labute approximate surface area is 235 Å². The molecule has 0 spiro atoms. The minimum atomic E-state index is -5.39. The molecule has 0 saturated carbocycles. The Hall–Kier alpha value is 2.95. The van der Waals surface area contributed by atoms with Crippen LogP contribution in [0, 0.1) is 0 Å². The molecule has 28 N–H and O–H groups in total. The summed E-state index contributed by atoms with van der Waals surface area (Å²) in [6.07, 6.45) is 0. The van der Waals surface area contributed by atoms with Gasteiger partial charge < -0.3 is 105 Å². The van der Waals surface area contributed by atoms with Crippen molar-refractivity contribution < 1.29 is 202 Å². The van der Waals surface area contributed by atoms with E-state index in [4.69, 9.17) is 36.8 Å². The molecule has 0 heterocycles. The first-order chi connectivity index (χ1) is 4.00. The summed E-state index contributed by atoms with van der Waals surface area (Å²) < 4.78 is 42.6. The molecule has 28 heteroatoms. The molecule has 0 fully saturated rings. The smallest absolute Gasteiger partial charge is 0.822 e. The molecule has 0 unspecified atom stereocenters. The van der Waals surface area contributed by atoms with Gasteiger partial charge in [-0.15, -0.1) is 0 Å². The fourth-order valence-electron chi connectivity index (χ4n) is 0. The Bertz CT molecular complexity index is 210. The Morgan fingerprint density at radius 3 is 0.464 bits per heavy atom. The van der Waals surface area contributed by atoms with Crippen LogP contribution in [-0.2, 0) is 15.0 Å². The van der Waals surface area contributed by atoms with E-state index in [-0.39, 0.29) is 183 Å². The normalized spacial score (nSPS) is 4.18. The standard InChI is InChI=1S/Al.3Na.H3O4P.H2O4S.14H2O/c;;;;2*1-5(2,3)4;;;;;;;;;;;;;;/h;;;;(H3,1,2,3,4);(H2,1,2,3,4);14*1H2/q+3;3*+1;;;;;;;;;;;;;;;;/p-5. The van der Waals surface area contributed by atoms with Gasteiger partial charge in [0.1, 0.15) is 0 Å². The van der Waals surface area contributed by atoms with Gasteiger partial charge in [0.25, 0.3) is 0 Å². The molecule has 0 radical (unpaired) electrons. The molecular formula is H28AlNa3O22PS+. The van der Waals surface area contributed by atoms with E-state index in [0.717, 1.165) is 0 Å². The summed E-state index contributed by atoms with van der Waals surface area (Å²) in [7, 11) is -10.6. The molecule has 0 aliphatic rings. The van der Waals surface area contributed by atoms with Gasteiger partial charge in [0.05, 0.1) is 0 Å². The van der Waals surface area contributed by atoms with Crippen LogP contribution in [-0.4, -0.2) is 112 Å². The van der Waals surface area contributed by atoms with Crippen LogP contribution in [0.4, 0.5) is 0 Å². The topological polar surface area (TPSA) is 608 Å². The van der Waals surface area contributed by atoms with E-state index in [1.54, 1.807) is 0 Å². The predicted molar refractivity (Wildman–Crippen MR) is 74.4 cm³/mol. The van der Waals surface area contributed by atoms with Gasteiger partial charge in [0.15, 0.2) is 0 Å². The molecule has 0 aromatic carbocycles. The van der Waals surface area contributed by atoms with Crippen LogP contribution < -0.4 is 103 Å². The zero-order valence-electron chi connectivity index (χ0n) is 14.7. The van der Waals surface area contributed by atoms with E-state index >= 15 is 0 Å². The number of hydrogen-bond acceptors (Lipinski definition) is 8. The van der Waals surface area contributed by atoms with Crippen molar-refractivity contribution in [2.75, 3.05) is 0 Å². The summed E-state index contributed by atoms with van der Waals surface area (Å²) in [6, 6.07) is 0. The van der Waals surface area contributed by atoms with Crippen LogP contribution in [0.5, 0.6) is 0 Å². The van der Waals surface area contributed by atoms with Gasteiger partial charge in [-0.2, -0.15) is 7.82 Å². The average Bonchev–Trinajstić information content (AvgIpc) is 1.12. The fraction of sp³-hybridized carbons (Fsp3) is 0. The molecule has 22 nitrogen and oxygen atoms in total. The maximum atomic E-state index is 8.55. The molecule has 0 aromatic heterocycles. The Balaban J connectivity index is -0.00000000155. The molecule has 0 aromatic rings. The van der Waals surface area contributed by atoms with E-state index in [0.29, 0.717) is 0 Å². The first-order valence-electron chi connectivity index (χ1n) is 1.40. The van der Waals surface area contributed by atoms with Crippen molar-refractivity contribution in [2.24, 2.45) is 0 Å². The number of phosphoric acid groups is 1. The number of rotatable bonds is 0. The van der Waals surface area contributed by atoms with Gasteiger partial charge in [0, 0.05) is 10.4 Å². The van der Waals surface area contributed by atoms with Crippen molar-refractivity contribution in [3.63, 3.8) is 0 Å². The first-order valence-corrected chi connectivity index (χ1v) is 4.19. The van der Waals surface area contributed by atoms with Gasteiger partial charge >= 0.3 is 106 Å². The molecule has 0 aliphatic heterocycles. The van der Waals surface area contributed by atoms with Crippen molar-refractivity contribution >= 4 is 35.6 Å². The van der Waals surface area contributed by atoms with Gasteiger partial charge in [-0.3, -0.25) is 8.42 Å². The SMILES string of the molecule is O.O.O.O.O.O.O.O.O.O.O.O.O.O.O=P([O-])([O-])[O-].O=S(=O)([O-])[O-].[Al+3].[Na+].[Na+].[Na+]. The third kappa shape index (κ3) is 2600. The van der Waals surface area contributed by atoms with Crippen LogP contribution >= 0.6 is 7.82 Å². The molecule has 176 valence electrons. The van der Waals surface area contributed by atoms with Gasteiger partial charge in [0.2, 0.25) is 0 Å². The fourth-order valence-corrected chi connectivity index (χ4v) is 0. The second kappa shape index (κ2) is 112. The summed E-state index contributed by atoms with van der Waals surface area (Å²) in [5, 5.41) is 0. The van der Waals surface area contributed by atoms with Gasteiger partial charge in [-0.25, -0.2) is 0 Å². The average molecular weight is 539 g/mol. The first kappa shape index (κ1) is 231. The second-order valence-electron chi connectivity index (χ2n) is 0.855. The van der Waals surface area contributed by atoms with Gasteiger partial charge in [-0.05, 0) is 0 Å². The molecular weight excluding hydrogens is 511 g/mol. The summed E-state index contributed by atoms with van der Waals surface area (Å²) in [6.45, 7) is 0. The maximum Gasteiger partial charge on any atom is 3.00 e. The summed E-state index contributed by atoms with van der Waals surface area (Å²) in [4.78, 5) is 25.6. The summed E-state index contributed by atoms with van der Waals surface area (Å²) >= 11 is 0. The monoisotopic (exact) mass is 539 g/mol. The Kier molecular flexibility index (Phi) is 928. The molecule has 0 rings (SSSR count). The van der Waals surface area contributed by atoms with Crippen molar-refractivity contribution in [3.8, 4) is 0 Å². The maximum absolute atomic E-state index is 8.55. The Morgan fingerprint density at radius 2 is 0.464 bits per heavy atom. The Morgan fingerprint density at radius 1 is 0.464 bits per heavy atom. The van der Waals surface area contributed by atoms with Crippen LogP contribution in [0.25, 0.3) is 0 Å². The summed E-state index contributed by atoms with van der Waals surface area (Å²) in [5.41, 5.74) is 0. The minimum absolute atomic E-state index is 0. The van der Waals surface area contributed by atoms with Crippen LogP contribution in [0.2, 0.25) is 0 Å². The van der Waals surface area contributed by atoms with Crippen LogP contribution in [0.15, 0.2) is 0 Å². The van der Waals surface area contributed by atoms with Crippen molar-refractivity contribution in [1.82, 2.24) is 0 Å². The van der Waals surface area contributed by atoms with Crippen molar-refractivity contribution in [2.45, 2.75) is 0 Å². The molecule has 0 aliphatic carbocycles. The van der Waals surface area contributed by atoms with E-state index in [9.17, 15) is 0 Å². The molecule has 0 atom stereocenters. The van der Waals surface area contributed by atoms with E-state index in [1.807, 2.05) is 0 Å². The largest absolute Gasteiger partial charge is 3.00 e. The van der Waals surface area contributed by atoms with Gasteiger partial charge in [-0.1, -0.05) is 0 Å². The minimum Gasteiger partial charge on any atom is -0.822 e. The van der Waals surface area contributed by atoms with Crippen molar-refractivity contribution in [3.05, 3.63) is 0 Å². The molecule has 0 bridgehead atoms. The van der Waals surface area contributed by atoms with E-state index < -0.39 is 18.2 Å². The molecule has 0 saturated heterocycles. The third-order valence-electron chi connectivity index (χ3n) is 0. The zero-order chi connectivity index (χ0) is 9.00. The predicted octanol–water partition coefficient (Wildman–Crippen LogP) is -25.1.